The fourth-order valence-electron chi connectivity index (χ4n) is 3.57. The Labute approximate surface area is 284 Å². The summed E-state index contributed by atoms with van der Waals surface area (Å²) < 4.78 is 57.9. The Bertz CT molecular complexity index is 1830. The summed E-state index contributed by atoms with van der Waals surface area (Å²) >= 11 is 23.9. The highest BCUT2D eigenvalue weighted by molar-refractivity contribution is 7.87. The zero-order valence-electron chi connectivity index (χ0n) is 23.3. The Morgan fingerprint density at radius 1 is 0.894 bits per heavy atom. The number of carbonyl (C=O) groups is 2. The molecule has 3 atom stereocenters. The number of nitro groups is 2. The normalized spacial score (nSPS) is 13.4. The van der Waals surface area contributed by atoms with Gasteiger partial charge >= 0.3 is 11.9 Å². The van der Waals surface area contributed by atoms with Gasteiger partial charge in [-0.15, -0.1) is 0 Å². The quantitative estimate of drug-likeness (QED) is 0.0448. The summed E-state index contributed by atoms with van der Waals surface area (Å²) in [5.41, 5.74) is -1.60. The maximum Gasteiger partial charge on any atom is 0.340 e. The molecule has 0 heterocycles. The van der Waals surface area contributed by atoms with E-state index in [9.17, 15) is 38.2 Å². The van der Waals surface area contributed by atoms with Gasteiger partial charge in [-0.1, -0.05) is 51.6 Å². The van der Waals surface area contributed by atoms with Gasteiger partial charge in [0, 0.05) is 24.3 Å². The Morgan fingerprint density at radius 3 is 2.06 bits per heavy atom. The standard InChI is InChI=1S/C26H18Cl4FN3O12S/c1-43-32-11-21(31)24(45-26(36)16-7-6-15(34(39)40)8-17(16)27)22(12-44-25(35)13-2-4-14(5-3-13)33(37)38)46-47(41,42)23-10-19(29)18(28)9-20(23)30/h2-11,21-22,24H,12H2,1H3/b32-11-/t21-,22-,24+/m1/s1. The maximum absolute atomic E-state index is 15.6. The first-order valence-electron chi connectivity index (χ1n) is 12.4. The second kappa shape index (κ2) is 16.1. The molecule has 0 N–H and O–H groups in total. The van der Waals surface area contributed by atoms with Crippen molar-refractivity contribution in [2.45, 2.75) is 23.3 Å². The molecule has 0 amide bonds. The zero-order valence-corrected chi connectivity index (χ0v) is 27.1. The molecule has 21 heteroatoms. The molecular formula is C26H18Cl4FN3O12S. The molecule has 47 heavy (non-hydrogen) atoms. The first kappa shape index (κ1) is 37.3. The van der Waals surface area contributed by atoms with Crippen LogP contribution in [-0.2, 0) is 28.6 Å². The van der Waals surface area contributed by atoms with Crippen LogP contribution in [0.4, 0.5) is 15.8 Å². The summed E-state index contributed by atoms with van der Waals surface area (Å²) in [6, 6.07) is 8.42. The van der Waals surface area contributed by atoms with Gasteiger partial charge in [0.05, 0.1) is 47.3 Å². The molecule has 0 aliphatic heterocycles. The molecule has 0 unspecified atom stereocenters. The molecule has 0 saturated carbocycles. The molecule has 250 valence electrons. The van der Waals surface area contributed by atoms with E-state index in [1.165, 1.54) is 0 Å². The van der Waals surface area contributed by atoms with Crippen molar-refractivity contribution in [2.75, 3.05) is 13.7 Å². The SMILES string of the molecule is CO/N=C\[C@@H](F)[C@H](OC(=O)c1ccc([N+](=O)[O-])cc1Cl)[C@@H](COC(=O)c1ccc([N+](=O)[O-])cc1)OS(=O)(=O)c1cc(Cl)c(Cl)cc1Cl. The summed E-state index contributed by atoms with van der Waals surface area (Å²) in [5.74, 6) is -2.59. The van der Waals surface area contributed by atoms with Crippen LogP contribution in [-0.4, -0.2) is 68.5 Å². The predicted molar refractivity (Wildman–Crippen MR) is 165 cm³/mol. The lowest BCUT2D eigenvalue weighted by molar-refractivity contribution is -0.385. The number of halogens is 5. The number of alkyl halides is 1. The van der Waals surface area contributed by atoms with Crippen LogP contribution in [0, 0.1) is 20.2 Å². The molecule has 3 aromatic carbocycles. The third kappa shape index (κ3) is 9.69. The van der Waals surface area contributed by atoms with Crippen molar-refractivity contribution in [1.82, 2.24) is 0 Å². The molecule has 0 spiro atoms. The average Bonchev–Trinajstić information content (AvgIpc) is 3.01. The van der Waals surface area contributed by atoms with Crippen LogP contribution < -0.4 is 0 Å². The van der Waals surface area contributed by atoms with E-state index < -0.39 is 83.1 Å². The number of oxime groups is 1. The number of ether oxygens (including phenoxy) is 2. The van der Waals surface area contributed by atoms with Gasteiger partial charge in [0.25, 0.3) is 21.5 Å². The van der Waals surface area contributed by atoms with E-state index in [1.807, 2.05) is 0 Å². The van der Waals surface area contributed by atoms with Gasteiger partial charge in [-0.3, -0.25) is 24.4 Å². The molecule has 3 aromatic rings. The Kier molecular flexibility index (Phi) is 12.8. The first-order chi connectivity index (χ1) is 22.0. The summed E-state index contributed by atoms with van der Waals surface area (Å²) in [7, 11) is -4.02. The van der Waals surface area contributed by atoms with Gasteiger partial charge in [0.2, 0.25) is 0 Å². The topological polar surface area (TPSA) is 204 Å². The largest absolute Gasteiger partial charge is 0.459 e. The molecule has 0 aromatic heterocycles. The van der Waals surface area contributed by atoms with E-state index in [0.29, 0.717) is 6.21 Å². The monoisotopic (exact) mass is 755 g/mol. The minimum Gasteiger partial charge on any atom is -0.459 e. The number of hydrogen-bond acceptors (Lipinski definition) is 13. The predicted octanol–water partition coefficient (Wildman–Crippen LogP) is 6.24. The van der Waals surface area contributed by atoms with E-state index in [2.05, 4.69) is 9.99 Å². The van der Waals surface area contributed by atoms with Crippen LogP contribution in [0.5, 0.6) is 0 Å². The van der Waals surface area contributed by atoms with Crippen molar-refractivity contribution in [3.8, 4) is 0 Å². The van der Waals surface area contributed by atoms with Crippen LogP contribution in [0.25, 0.3) is 0 Å². The Balaban J connectivity index is 2.05. The number of nitro benzene ring substituents is 2. The molecule has 0 aliphatic carbocycles. The van der Waals surface area contributed by atoms with E-state index in [-0.39, 0.29) is 21.3 Å². The van der Waals surface area contributed by atoms with Crippen molar-refractivity contribution in [1.29, 1.82) is 0 Å². The fraction of sp³-hybridized carbons (Fsp3) is 0.192. The number of esters is 2. The third-order valence-corrected chi connectivity index (χ3v) is 8.64. The molecule has 0 radical (unpaired) electrons. The molecule has 0 saturated heterocycles. The van der Waals surface area contributed by atoms with Crippen molar-refractivity contribution in [3.05, 3.63) is 106 Å². The minimum absolute atomic E-state index is 0.129. The summed E-state index contributed by atoms with van der Waals surface area (Å²) in [4.78, 5) is 50.1. The molecule has 0 bridgehead atoms. The summed E-state index contributed by atoms with van der Waals surface area (Å²) in [5, 5.41) is 23.9. The van der Waals surface area contributed by atoms with Gasteiger partial charge in [-0.05, 0) is 30.3 Å². The number of non-ortho nitro benzene ring substituents is 2. The molecule has 15 nitrogen and oxygen atoms in total. The second-order valence-electron chi connectivity index (χ2n) is 8.86. The Morgan fingerprint density at radius 2 is 1.49 bits per heavy atom. The molecule has 0 aliphatic rings. The summed E-state index contributed by atoms with van der Waals surface area (Å²) in [6.07, 6.45) is -6.60. The van der Waals surface area contributed by atoms with Crippen LogP contribution in [0.2, 0.25) is 20.1 Å². The van der Waals surface area contributed by atoms with E-state index in [4.69, 9.17) is 60.1 Å². The van der Waals surface area contributed by atoms with E-state index in [0.717, 1.165) is 61.7 Å². The number of benzene rings is 3. The van der Waals surface area contributed by atoms with Crippen molar-refractivity contribution < 1.29 is 50.7 Å². The lowest BCUT2D eigenvalue weighted by Gasteiger charge is -2.27. The van der Waals surface area contributed by atoms with Gasteiger partial charge < -0.3 is 14.3 Å². The molecular weight excluding hydrogens is 739 g/mol. The van der Waals surface area contributed by atoms with Gasteiger partial charge in [0.1, 0.15) is 18.6 Å². The number of hydrogen-bond donors (Lipinski definition) is 0. The lowest BCUT2D eigenvalue weighted by atomic mass is 10.1. The number of rotatable bonds is 14. The highest BCUT2D eigenvalue weighted by atomic mass is 35.5. The first-order valence-corrected chi connectivity index (χ1v) is 15.3. The van der Waals surface area contributed by atoms with Gasteiger partial charge in [-0.25, -0.2) is 14.0 Å². The van der Waals surface area contributed by atoms with Crippen molar-refractivity contribution >= 4 is 86.0 Å². The number of carbonyl (C=O) groups excluding carboxylic acids is 2. The van der Waals surface area contributed by atoms with E-state index >= 15 is 4.39 Å². The van der Waals surface area contributed by atoms with E-state index in [1.54, 1.807) is 0 Å². The molecule has 3 rings (SSSR count). The van der Waals surface area contributed by atoms with Gasteiger partial charge in [-0.2, -0.15) is 8.42 Å². The van der Waals surface area contributed by atoms with Crippen molar-refractivity contribution in [3.63, 3.8) is 0 Å². The van der Waals surface area contributed by atoms with Crippen molar-refractivity contribution in [2.24, 2.45) is 5.16 Å². The van der Waals surface area contributed by atoms with Crippen LogP contribution in [0.3, 0.4) is 0 Å². The average molecular weight is 757 g/mol. The van der Waals surface area contributed by atoms with Gasteiger partial charge in [0.15, 0.2) is 18.4 Å². The fourth-order valence-corrected chi connectivity index (χ4v) is 5.87. The summed E-state index contributed by atoms with van der Waals surface area (Å²) in [6.45, 7) is -1.14. The minimum atomic E-state index is -5.06. The maximum atomic E-state index is 15.6. The highest BCUT2D eigenvalue weighted by Crippen LogP contribution is 2.34. The third-order valence-electron chi connectivity index (χ3n) is 5.80. The zero-order chi connectivity index (χ0) is 35.1. The highest BCUT2D eigenvalue weighted by Gasteiger charge is 2.40. The lowest BCUT2D eigenvalue weighted by Crippen LogP contribution is -2.45. The van der Waals surface area contributed by atoms with Crippen LogP contribution in [0.15, 0.2) is 64.6 Å². The van der Waals surface area contributed by atoms with Crippen LogP contribution >= 0.6 is 46.4 Å². The number of nitrogens with zero attached hydrogens (tertiary/aromatic N) is 3. The molecule has 0 fully saturated rings. The smallest absolute Gasteiger partial charge is 0.340 e. The van der Waals surface area contributed by atoms with Crippen LogP contribution in [0.1, 0.15) is 20.7 Å². The Hall–Kier alpha value is -4.13. The second-order valence-corrected chi connectivity index (χ2v) is 12.0.